The summed E-state index contributed by atoms with van der Waals surface area (Å²) >= 11 is 5.75. The standard InChI is InChI=1S/C33H36ClN9O2/c1-19(2)27-17-39-43-30(27)41-32(37-16-23-10-12-35-18-28(23)44)42-33(43)38-15-22-6-4-5-7-25(22)29-26-9-8-24(40-31(45)20(3)34)14-21(26)11-13-36-29/h4-9,11,13-14,17,19,23,28,35,44H,3,10,12,15-16,18H2,1-2H3,(H,40,45)(H2,37,38,41,42)/t23-,28+/m1/s1. The van der Waals surface area contributed by atoms with Crippen LogP contribution in [0.4, 0.5) is 17.6 Å². The molecule has 3 aromatic heterocycles. The molecule has 232 valence electrons. The van der Waals surface area contributed by atoms with Gasteiger partial charge in [-0.05, 0) is 48.0 Å². The van der Waals surface area contributed by atoms with Gasteiger partial charge in [0.15, 0.2) is 5.65 Å². The minimum absolute atomic E-state index is 0.0769. The number of fused-ring (bicyclic) bond motifs is 2. The summed E-state index contributed by atoms with van der Waals surface area (Å²) in [6, 6.07) is 15.6. The van der Waals surface area contributed by atoms with Gasteiger partial charge >= 0.3 is 0 Å². The largest absolute Gasteiger partial charge is 0.391 e. The number of benzene rings is 2. The number of hydrogen-bond acceptors (Lipinski definition) is 9. The number of hydrogen-bond donors (Lipinski definition) is 5. The Kier molecular flexibility index (Phi) is 8.92. The number of aromatic nitrogens is 5. The van der Waals surface area contributed by atoms with E-state index < -0.39 is 12.0 Å². The van der Waals surface area contributed by atoms with Crippen molar-refractivity contribution in [1.82, 2.24) is 29.9 Å². The van der Waals surface area contributed by atoms with Gasteiger partial charge in [-0.15, -0.1) is 0 Å². The molecule has 0 bridgehead atoms. The number of β-amino-alcohol motifs (C(OH)–C–C–N with tert-alkyl or cyclic N) is 1. The molecule has 0 unspecified atom stereocenters. The Bertz CT molecular complexity index is 1870. The molecule has 1 aliphatic rings. The van der Waals surface area contributed by atoms with E-state index in [4.69, 9.17) is 26.6 Å². The summed E-state index contributed by atoms with van der Waals surface area (Å²) in [7, 11) is 0. The highest BCUT2D eigenvalue weighted by atomic mass is 35.5. The van der Waals surface area contributed by atoms with Crippen molar-refractivity contribution in [2.75, 3.05) is 35.6 Å². The molecule has 1 aliphatic heterocycles. The molecule has 2 atom stereocenters. The van der Waals surface area contributed by atoms with E-state index in [1.165, 1.54) is 0 Å². The monoisotopic (exact) mass is 625 g/mol. The van der Waals surface area contributed by atoms with Crippen LogP contribution in [0.25, 0.3) is 27.7 Å². The van der Waals surface area contributed by atoms with Crippen molar-refractivity contribution in [3.63, 3.8) is 0 Å². The second-order valence-electron chi connectivity index (χ2n) is 11.5. The predicted molar refractivity (Wildman–Crippen MR) is 178 cm³/mol. The van der Waals surface area contributed by atoms with Gasteiger partial charge in [-0.1, -0.05) is 62.4 Å². The third kappa shape index (κ3) is 6.60. The number of anilines is 3. The van der Waals surface area contributed by atoms with Gasteiger partial charge in [0.1, 0.15) is 0 Å². The first-order valence-electron chi connectivity index (χ1n) is 15.0. The number of piperidine rings is 1. The van der Waals surface area contributed by atoms with Crippen LogP contribution in [-0.4, -0.2) is 61.3 Å². The van der Waals surface area contributed by atoms with E-state index in [-0.39, 0.29) is 16.9 Å². The lowest BCUT2D eigenvalue weighted by Gasteiger charge is -2.28. The van der Waals surface area contributed by atoms with E-state index in [9.17, 15) is 9.90 Å². The summed E-state index contributed by atoms with van der Waals surface area (Å²) < 4.78 is 1.74. The summed E-state index contributed by atoms with van der Waals surface area (Å²) in [5, 5.41) is 29.7. The van der Waals surface area contributed by atoms with E-state index in [2.05, 4.69) is 52.9 Å². The molecule has 5 aromatic rings. The zero-order chi connectivity index (χ0) is 31.5. The van der Waals surface area contributed by atoms with Crippen LogP contribution in [0, 0.1) is 5.92 Å². The van der Waals surface area contributed by atoms with Gasteiger partial charge in [0.25, 0.3) is 5.91 Å². The second-order valence-corrected chi connectivity index (χ2v) is 12.0. The molecule has 1 saturated heterocycles. The minimum Gasteiger partial charge on any atom is -0.391 e. The molecule has 6 rings (SSSR count). The number of nitrogens with zero attached hydrogens (tertiary/aromatic N) is 5. The summed E-state index contributed by atoms with van der Waals surface area (Å²) in [5.74, 6) is 0.944. The molecule has 1 fully saturated rings. The van der Waals surface area contributed by atoms with Crippen LogP contribution in [0.3, 0.4) is 0 Å². The van der Waals surface area contributed by atoms with Crippen molar-refractivity contribution in [3.8, 4) is 11.3 Å². The number of carbonyl (C=O) groups excluding carboxylic acids is 1. The highest BCUT2D eigenvalue weighted by Crippen LogP contribution is 2.31. The van der Waals surface area contributed by atoms with Crippen molar-refractivity contribution in [2.24, 2.45) is 5.92 Å². The van der Waals surface area contributed by atoms with Crippen LogP contribution in [0.2, 0.25) is 0 Å². The third-order valence-electron chi connectivity index (χ3n) is 8.11. The number of aliphatic hydroxyl groups excluding tert-OH is 1. The minimum atomic E-state index is -0.444. The Morgan fingerprint density at radius 3 is 2.82 bits per heavy atom. The molecular formula is C33H36ClN9O2. The maximum Gasteiger partial charge on any atom is 0.266 e. The SMILES string of the molecule is C=C(Cl)C(=O)Nc1ccc2c(-c3ccccc3CNc3nc(NC[C@H]4CCNC[C@@H]4O)nc4c(C(C)C)cnn34)nccc2c1. The number of rotatable bonds is 10. The summed E-state index contributed by atoms with van der Waals surface area (Å²) in [6.07, 6.45) is 4.07. The van der Waals surface area contributed by atoms with Gasteiger partial charge in [0.05, 0.1) is 23.0 Å². The molecule has 1 amide bonds. The van der Waals surface area contributed by atoms with E-state index in [0.29, 0.717) is 37.2 Å². The van der Waals surface area contributed by atoms with Gasteiger partial charge in [0.2, 0.25) is 11.9 Å². The lowest BCUT2D eigenvalue weighted by molar-refractivity contribution is -0.112. The maximum atomic E-state index is 12.0. The highest BCUT2D eigenvalue weighted by molar-refractivity contribution is 6.43. The summed E-state index contributed by atoms with van der Waals surface area (Å²) in [5.41, 5.74) is 5.18. The first-order chi connectivity index (χ1) is 21.8. The molecule has 11 nitrogen and oxygen atoms in total. The zero-order valence-electron chi connectivity index (χ0n) is 25.2. The first-order valence-corrected chi connectivity index (χ1v) is 15.4. The number of nitrogens with one attached hydrogen (secondary N) is 4. The van der Waals surface area contributed by atoms with Crippen LogP contribution in [0.15, 0.2) is 72.5 Å². The summed E-state index contributed by atoms with van der Waals surface area (Å²) in [4.78, 5) is 26.4. The average molecular weight is 626 g/mol. The topological polar surface area (TPSA) is 141 Å². The third-order valence-corrected chi connectivity index (χ3v) is 8.28. The Hall–Kier alpha value is -4.58. The van der Waals surface area contributed by atoms with Crippen LogP contribution in [0.5, 0.6) is 0 Å². The lowest BCUT2D eigenvalue weighted by atomic mass is 9.95. The number of pyridine rings is 1. The summed E-state index contributed by atoms with van der Waals surface area (Å²) in [6.45, 7) is 10.2. The molecule has 0 spiro atoms. The Morgan fingerprint density at radius 1 is 1.18 bits per heavy atom. The maximum absolute atomic E-state index is 12.0. The molecule has 45 heavy (non-hydrogen) atoms. The van der Waals surface area contributed by atoms with E-state index >= 15 is 0 Å². The molecule has 5 N–H and O–H groups in total. The molecule has 4 heterocycles. The van der Waals surface area contributed by atoms with Crippen molar-refractivity contribution in [3.05, 3.63) is 83.7 Å². The van der Waals surface area contributed by atoms with Crippen LogP contribution in [-0.2, 0) is 11.3 Å². The number of aliphatic hydroxyl groups is 1. The Morgan fingerprint density at radius 2 is 2.02 bits per heavy atom. The van der Waals surface area contributed by atoms with Crippen LogP contribution in [0.1, 0.15) is 37.3 Å². The second kappa shape index (κ2) is 13.2. The van der Waals surface area contributed by atoms with Crippen molar-refractivity contribution in [1.29, 1.82) is 0 Å². The van der Waals surface area contributed by atoms with Crippen LogP contribution >= 0.6 is 11.6 Å². The molecular weight excluding hydrogens is 590 g/mol. The fourth-order valence-corrected chi connectivity index (χ4v) is 5.65. The van der Waals surface area contributed by atoms with Crippen LogP contribution < -0.4 is 21.3 Å². The molecule has 2 aromatic carbocycles. The average Bonchev–Trinajstić information content (AvgIpc) is 3.48. The molecule has 0 saturated carbocycles. The van der Waals surface area contributed by atoms with Crippen molar-refractivity contribution >= 4 is 51.5 Å². The van der Waals surface area contributed by atoms with E-state index in [0.717, 1.165) is 51.8 Å². The smallest absolute Gasteiger partial charge is 0.266 e. The van der Waals surface area contributed by atoms with E-state index in [1.807, 2.05) is 48.7 Å². The molecule has 0 radical (unpaired) electrons. The van der Waals surface area contributed by atoms with Gasteiger partial charge in [0, 0.05) is 53.9 Å². The van der Waals surface area contributed by atoms with Gasteiger partial charge in [-0.2, -0.15) is 19.6 Å². The Balaban J connectivity index is 1.29. The van der Waals surface area contributed by atoms with Crippen molar-refractivity contribution in [2.45, 2.75) is 38.8 Å². The van der Waals surface area contributed by atoms with Gasteiger partial charge < -0.3 is 26.4 Å². The van der Waals surface area contributed by atoms with E-state index in [1.54, 1.807) is 10.7 Å². The first kappa shape index (κ1) is 30.4. The number of halogens is 1. The molecule has 0 aliphatic carbocycles. The molecule has 12 heteroatoms. The lowest BCUT2D eigenvalue weighted by Crippen LogP contribution is -2.43. The highest BCUT2D eigenvalue weighted by Gasteiger charge is 2.23. The predicted octanol–water partition coefficient (Wildman–Crippen LogP) is 5.15. The van der Waals surface area contributed by atoms with Crippen molar-refractivity contribution < 1.29 is 9.90 Å². The normalized spacial score (nSPS) is 16.6. The Labute approximate surface area is 266 Å². The fourth-order valence-electron chi connectivity index (χ4n) is 5.60. The fraction of sp³-hybridized carbons (Fsp3) is 0.303. The number of amides is 1. The number of carbonyl (C=O) groups is 1. The quantitative estimate of drug-likeness (QED) is 0.133. The zero-order valence-corrected chi connectivity index (χ0v) is 26.0. The van der Waals surface area contributed by atoms with Gasteiger partial charge in [-0.25, -0.2) is 0 Å². The van der Waals surface area contributed by atoms with Gasteiger partial charge in [-0.3, -0.25) is 9.78 Å².